The average Bonchev–Trinajstić information content (AvgIpc) is 3.01. The van der Waals surface area contributed by atoms with Gasteiger partial charge in [0.2, 0.25) is 5.95 Å². The zero-order valence-corrected chi connectivity index (χ0v) is 12.1. The molecule has 102 valence electrons. The molecule has 0 spiro atoms. The quantitative estimate of drug-likeness (QED) is 0.667. The summed E-state index contributed by atoms with van der Waals surface area (Å²) in [4.78, 5) is 13.7. The predicted octanol–water partition coefficient (Wildman–Crippen LogP) is 2.66. The number of hydrazine groups is 1. The first-order valence-electron chi connectivity index (χ1n) is 6.74. The number of fused-ring (bicyclic) bond motifs is 1. The highest BCUT2D eigenvalue weighted by Crippen LogP contribution is 2.35. The second-order valence-electron chi connectivity index (χ2n) is 4.99. The molecule has 3 heterocycles. The molecular formula is C13H19N5S. The zero-order chi connectivity index (χ0) is 13.4. The van der Waals surface area contributed by atoms with Crippen molar-refractivity contribution in [3.05, 3.63) is 10.9 Å². The Bertz CT molecular complexity index is 594. The Morgan fingerprint density at radius 2 is 2.37 bits per heavy atom. The Balaban J connectivity index is 2.15. The second kappa shape index (κ2) is 4.94. The third kappa shape index (κ3) is 2.15. The minimum absolute atomic E-state index is 0.506. The maximum atomic E-state index is 5.49. The van der Waals surface area contributed by atoms with Gasteiger partial charge in [0.05, 0.1) is 5.39 Å². The van der Waals surface area contributed by atoms with E-state index in [2.05, 4.69) is 40.2 Å². The lowest BCUT2D eigenvalue weighted by molar-refractivity contribution is 0.642. The fourth-order valence-corrected chi connectivity index (χ4v) is 3.72. The van der Waals surface area contributed by atoms with Crippen LogP contribution < -0.4 is 16.2 Å². The number of rotatable bonds is 3. The van der Waals surface area contributed by atoms with E-state index in [4.69, 9.17) is 5.84 Å². The molecule has 0 bridgehead atoms. The maximum Gasteiger partial charge on any atom is 0.240 e. The Kier molecular flexibility index (Phi) is 3.28. The second-order valence-corrected chi connectivity index (χ2v) is 6.22. The Labute approximate surface area is 116 Å². The summed E-state index contributed by atoms with van der Waals surface area (Å²) in [6.45, 7) is 5.42. The molecule has 5 nitrogen and oxygen atoms in total. The highest BCUT2D eigenvalue weighted by molar-refractivity contribution is 7.18. The Hall–Kier alpha value is -1.40. The minimum Gasteiger partial charge on any atom is -0.353 e. The average molecular weight is 277 g/mol. The molecule has 2 aromatic rings. The van der Waals surface area contributed by atoms with Crippen LogP contribution in [0.15, 0.2) is 6.07 Å². The Morgan fingerprint density at radius 3 is 3.11 bits per heavy atom. The van der Waals surface area contributed by atoms with Crippen molar-refractivity contribution in [2.75, 3.05) is 16.9 Å². The first kappa shape index (κ1) is 12.6. The van der Waals surface area contributed by atoms with Crippen LogP contribution in [0.1, 0.15) is 31.1 Å². The van der Waals surface area contributed by atoms with Gasteiger partial charge in [-0.25, -0.2) is 10.8 Å². The van der Waals surface area contributed by atoms with Gasteiger partial charge in [-0.05, 0) is 32.3 Å². The number of hydrogen-bond donors (Lipinski definition) is 2. The van der Waals surface area contributed by atoms with Crippen LogP contribution in [0.5, 0.6) is 0 Å². The van der Waals surface area contributed by atoms with Crippen molar-refractivity contribution in [3.8, 4) is 0 Å². The summed E-state index contributed by atoms with van der Waals surface area (Å²) >= 11 is 1.69. The van der Waals surface area contributed by atoms with Crippen LogP contribution in [0, 0.1) is 6.92 Å². The lowest BCUT2D eigenvalue weighted by Crippen LogP contribution is -2.29. The molecular weight excluding hydrogens is 258 g/mol. The van der Waals surface area contributed by atoms with Crippen LogP contribution in [-0.4, -0.2) is 22.6 Å². The van der Waals surface area contributed by atoms with E-state index in [-0.39, 0.29) is 0 Å². The molecule has 1 saturated heterocycles. The smallest absolute Gasteiger partial charge is 0.240 e. The fourth-order valence-electron chi connectivity index (χ4n) is 2.85. The van der Waals surface area contributed by atoms with Crippen LogP contribution in [0.25, 0.3) is 10.2 Å². The van der Waals surface area contributed by atoms with Gasteiger partial charge in [-0.15, -0.1) is 11.3 Å². The molecule has 0 amide bonds. The van der Waals surface area contributed by atoms with Gasteiger partial charge in [-0.3, -0.25) is 5.43 Å². The number of hydrogen-bond acceptors (Lipinski definition) is 6. The van der Waals surface area contributed by atoms with E-state index in [1.165, 1.54) is 17.7 Å². The molecule has 6 heteroatoms. The number of thiophene rings is 1. The largest absolute Gasteiger partial charge is 0.353 e. The van der Waals surface area contributed by atoms with E-state index in [1.807, 2.05) is 0 Å². The van der Waals surface area contributed by atoms with Gasteiger partial charge < -0.3 is 4.90 Å². The number of aryl methyl sites for hydroxylation is 1. The summed E-state index contributed by atoms with van der Waals surface area (Å²) in [7, 11) is 0. The van der Waals surface area contributed by atoms with Crippen LogP contribution in [0.4, 0.5) is 11.8 Å². The molecule has 3 rings (SSSR count). The number of nitrogens with zero attached hydrogens (tertiary/aromatic N) is 3. The third-order valence-corrected chi connectivity index (χ3v) is 4.69. The molecule has 19 heavy (non-hydrogen) atoms. The minimum atomic E-state index is 0.506. The van der Waals surface area contributed by atoms with Crippen molar-refractivity contribution in [1.29, 1.82) is 0 Å². The number of nitrogen functional groups attached to an aromatic ring is 1. The number of nitrogens with one attached hydrogen (secondary N) is 1. The summed E-state index contributed by atoms with van der Waals surface area (Å²) in [6.07, 6.45) is 3.63. The summed E-state index contributed by atoms with van der Waals surface area (Å²) in [5.41, 5.74) is 2.58. The molecule has 2 aromatic heterocycles. The SMILES string of the molecule is CCC1CCCN1c1nc(NN)nc2sc(C)cc12. The summed E-state index contributed by atoms with van der Waals surface area (Å²) in [5, 5.41) is 1.15. The molecule has 1 fully saturated rings. The highest BCUT2D eigenvalue weighted by Gasteiger charge is 2.26. The standard InChI is InChI=1S/C13H19N5S/c1-3-9-5-4-6-18(9)11-10-7-8(2)19-12(10)16-13(15-11)17-14/h7,9H,3-6,14H2,1-2H3,(H,15,16,17). The third-order valence-electron chi connectivity index (χ3n) is 3.75. The molecule has 0 saturated carbocycles. The van der Waals surface area contributed by atoms with Crippen molar-refractivity contribution >= 4 is 33.3 Å². The lowest BCUT2D eigenvalue weighted by Gasteiger charge is -2.25. The van der Waals surface area contributed by atoms with Crippen LogP contribution in [0.3, 0.4) is 0 Å². The number of aromatic nitrogens is 2. The summed E-state index contributed by atoms with van der Waals surface area (Å²) in [5.74, 6) is 7.03. The highest BCUT2D eigenvalue weighted by atomic mass is 32.1. The summed E-state index contributed by atoms with van der Waals surface area (Å²) < 4.78 is 0. The van der Waals surface area contributed by atoms with E-state index in [0.29, 0.717) is 12.0 Å². The van der Waals surface area contributed by atoms with Gasteiger partial charge in [-0.1, -0.05) is 6.92 Å². The van der Waals surface area contributed by atoms with Crippen molar-refractivity contribution in [2.45, 2.75) is 39.2 Å². The van der Waals surface area contributed by atoms with Gasteiger partial charge in [0.1, 0.15) is 10.6 Å². The monoisotopic (exact) mass is 277 g/mol. The maximum absolute atomic E-state index is 5.49. The topological polar surface area (TPSA) is 67.1 Å². The summed E-state index contributed by atoms with van der Waals surface area (Å²) in [6, 6.07) is 2.77. The molecule has 3 N–H and O–H groups in total. The van der Waals surface area contributed by atoms with Gasteiger partial charge in [0, 0.05) is 17.5 Å². The van der Waals surface area contributed by atoms with Gasteiger partial charge in [-0.2, -0.15) is 4.98 Å². The van der Waals surface area contributed by atoms with Gasteiger partial charge >= 0.3 is 0 Å². The van der Waals surface area contributed by atoms with Crippen molar-refractivity contribution in [3.63, 3.8) is 0 Å². The molecule has 0 radical (unpaired) electrons. The normalized spacial score (nSPS) is 19.3. The molecule has 1 aliphatic heterocycles. The van der Waals surface area contributed by atoms with Gasteiger partial charge in [0.25, 0.3) is 0 Å². The molecule has 1 aliphatic rings. The number of anilines is 2. The first-order chi connectivity index (χ1) is 9.22. The number of nitrogens with two attached hydrogens (primary N) is 1. The van der Waals surface area contributed by atoms with Crippen LogP contribution in [0.2, 0.25) is 0 Å². The fraction of sp³-hybridized carbons (Fsp3) is 0.538. The van der Waals surface area contributed by atoms with E-state index in [0.717, 1.165) is 29.0 Å². The van der Waals surface area contributed by atoms with Gasteiger partial charge in [0.15, 0.2) is 0 Å². The lowest BCUT2D eigenvalue weighted by atomic mass is 10.1. The van der Waals surface area contributed by atoms with E-state index in [1.54, 1.807) is 11.3 Å². The van der Waals surface area contributed by atoms with Crippen molar-refractivity contribution < 1.29 is 0 Å². The van der Waals surface area contributed by atoms with Crippen molar-refractivity contribution in [2.24, 2.45) is 5.84 Å². The van der Waals surface area contributed by atoms with E-state index < -0.39 is 0 Å². The van der Waals surface area contributed by atoms with Crippen LogP contribution >= 0.6 is 11.3 Å². The molecule has 0 aromatic carbocycles. The Morgan fingerprint density at radius 1 is 1.53 bits per heavy atom. The zero-order valence-electron chi connectivity index (χ0n) is 11.3. The molecule has 1 unspecified atom stereocenters. The first-order valence-corrected chi connectivity index (χ1v) is 7.56. The molecule has 0 aliphatic carbocycles. The van der Waals surface area contributed by atoms with E-state index >= 15 is 0 Å². The predicted molar refractivity (Wildman–Crippen MR) is 80.6 cm³/mol. The van der Waals surface area contributed by atoms with Crippen LogP contribution in [-0.2, 0) is 0 Å². The molecule has 1 atom stereocenters. The van der Waals surface area contributed by atoms with E-state index in [9.17, 15) is 0 Å². The van der Waals surface area contributed by atoms with Crippen molar-refractivity contribution in [1.82, 2.24) is 9.97 Å².